The molecule has 2 aromatic rings. The highest BCUT2D eigenvalue weighted by Gasteiger charge is 2.06. The summed E-state index contributed by atoms with van der Waals surface area (Å²) < 4.78 is 24.1. The van der Waals surface area contributed by atoms with Crippen molar-refractivity contribution in [3.8, 4) is 0 Å². The molecule has 2 rings (SSSR count). The number of nitrogens with two attached hydrogens (primary N) is 1. The highest BCUT2D eigenvalue weighted by molar-refractivity contribution is 7.89. The minimum Gasteiger partial charge on any atom is -0.311 e. The van der Waals surface area contributed by atoms with E-state index < -0.39 is 10.0 Å². The lowest BCUT2D eigenvalue weighted by Crippen LogP contribution is -2.18. The summed E-state index contributed by atoms with van der Waals surface area (Å²) in [4.78, 5) is 0.143. The first-order valence-electron chi connectivity index (χ1n) is 6.26. The third kappa shape index (κ3) is 3.89. The molecule has 7 heteroatoms. The van der Waals surface area contributed by atoms with Gasteiger partial charge in [0.15, 0.2) is 0 Å². The zero-order chi connectivity index (χ0) is 14.6. The molecule has 0 aliphatic carbocycles. The Labute approximate surface area is 118 Å². The monoisotopic (exact) mass is 294 g/mol. The van der Waals surface area contributed by atoms with Crippen LogP contribution in [-0.4, -0.2) is 24.7 Å². The van der Waals surface area contributed by atoms with Gasteiger partial charge < -0.3 is 5.32 Å². The van der Waals surface area contributed by atoms with Crippen molar-refractivity contribution >= 4 is 10.0 Å². The summed E-state index contributed by atoms with van der Waals surface area (Å²) in [5.41, 5.74) is 2.18. The summed E-state index contributed by atoms with van der Waals surface area (Å²) in [6.45, 7) is 1.56. The fourth-order valence-corrected chi connectivity index (χ4v) is 2.39. The molecule has 1 heterocycles. The van der Waals surface area contributed by atoms with E-state index in [0.717, 1.165) is 30.8 Å². The van der Waals surface area contributed by atoms with Crippen LogP contribution in [-0.2, 0) is 30.0 Å². The van der Waals surface area contributed by atoms with Gasteiger partial charge in [0.05, 0.1) is 10.6 Å². The van der Waals surface area contributed by atoms with Crippen LogP contribution in [0, 0.1) is 0 Å². The van der Waals surface area contributed by atoms with Gasteiger partial charge in [0.1, 0.15) is 0 Å². The largest absolute Gasteiger partial charge is 0.311 e. The van der Waals surface area contributed by atoms with E-state index in [-0.39, 0.29) is 4.90 Å². The molecule has 0 amide bonds. The third-order valence-electron chi connectivity index (χ3n) is 3.07. The molecule has 0 saturated heterocycles. The number of nitrogens with one attached hydrogen (secondary N) is 1. The second-order valence-corrected chi connectivity index (χ2v) is 6.12. The number of benzene rings is 1. The average Bonchev–Trinajstić information content (AvgIpc) is 2.80. The Balaban J connectivity index is 1.81. The van der Waals surface area contributed by atoms with Gasteiger partial charge in [-0.1, -0.05) is 12.1 Å². The molecule has 1 aromatic heterocycles. The van der Waals surface area contributed by atoms with Crippen molar-refractivity contribution in [2.45, 2.75) is 17.9 Å². The topological polar surface area (TPSA) is 90.0 Å². The zero-order valence-electron chi connectivity index (χ0n) is 11.3. The van der Waals surface area contributed by atoms with E-state index in [4.69, 9.17) is 5.14 Å². The van der Waals surface area contributed by atoms with Crippen molar-refractivity contribution in [2.24, 2.45) is 12.2 Å². The fourth-order valence-electron chi connectivity index (χ4n) is 1.87. The molecule has 0 unspecified atom stereocenters. The number of hydrogen-bond donors (Lipinski definition) is 2. The standard InChI is InChI=1S/C13H18N4O2S/c1-17-12(7-9-16-17)10-15-8-6-11-2-4-13(5-3-11)20(14,18)19/h2-5,7,9,15H,6,8,10H2,1H3,(H2,14,18,19). The maximum absolute atomic E-state index is 11.1. The van der Waals surface area contributed by atoms with Crippen LogP contribution in [0.2, 0.25) is 0 Å². The first kappa shape index (κ1) is 14.7. The minimum absolute atomic E-state index is 0.143. The number of aromatic nitrogens is 2. The summed E-state index contributed by atoms with van der Waals surface area (Å²) >= 11 is 0. The lowest BCUT2D eigenvalue weighted by molar-refractivity contribution is 0.597. The highest BCUT2D eigenvalue weighted by Crippen LogP contribution is 2.09. The lowest BCUT2D eigenvalue weighted by Gasteiger charge is -2.06. The molecule has 1 aromatic carbocycles. The highest BCUT2D eigenvalue weighted by atomic mass is 32.2. The normalized spacial score (nSPS) is 11.7. The Kier molecular flexibility index (Phi) is 4.53. The van der Waals surface area contributed by atoms with E-state index in [1.165, 1.54) is 12.1 Å². The Morgan fingerprint density at radius 1 is 1.25 bits per heavy atom. The van der Waals surface area contributed by atoms with Crippen molar-refractivity contribution in [3.05, 3.63) is 47.8 Å². The molecule has 0 aliphatic rings. The minimum atomic E-state index is -3.60. The molecule has 20 heavy (non-hydrogen) atoms. The smallest absolute Gasteiger partial charge is 0.238 e. The van der Waals surface area contributed by atoms with Crippen LogP contribution in [0.15, 0.2) is 41.4 Å². The van der Waals surface area contributed by atoms with E-state index >= 15 is 0 Å². The van der Waals surface area contributed by atoms with E-state index in [2.05, 4.69) is 10.4 Å². The van der Waals surface area contributed by atoms with Crippen LogP contribution < -0.4 is 10.5 Å². The molecule has 3 N–H and O–H groups in total. The molecule has 0 radical (unpaired) electrons. The molecule has 0 aliphatic heterocycles. The van der Waals surface area contributed by atoms with E-state index in [1.807, 2.05) is 17.8 Å². The van der Waals surface area contributed by atoms with E-state index in [1.54, 1.807) is 18.3 Å². The summed E-state index contributed by atoms with van der Waals surface area (Å²) in [7, 11) is -1.70. The van der Waals surface area contributed by atoms with E-state index in [9.17, 15) is 8.42 Å². The van der Waals surface area contributed by atoms with Crippen LogP contribution in [0.5, 0.6) is 0 Å². The number of rotatable bonds is 6. The quantitative estimate of drug-likeness (QED) is 0.755. The molecule has 0 bridgehead atoms. The molecule has 0 saturated carbocycles. The van der Waals surface area contributed by atoms with Gasteiger partial charge in [0, 0.05) is 19.8 Å². The van der Waals surface area contributed by atoms with Gasteiger partial charge >= 0.3 is 0 Å². The number of primary sulfonamides is 1. The first-order valence-corrected chi connectivity index (χ1v) is 7.81. The average molecular weight is 294 g/mol. The van der Waals surface area contributed by atoms with Crippen molar-refractivity contribution in [3.63, 3.8) is 0 Å². The molecular weight excluding hydrogens is 276 g/mol. The molecule has 6 nitrogen and oxygen atoms in total. The number of aryl methyl sites for hydroxylation is 1. The van der Waals surface area contributed by atoms with Crippen molar-refractivity contribution < 1.29 is 8.42 Å². The summed E-state index contributed by atoms with van der Waals surface area (Å²) in [5, 5.41) is 12.5. The van der Waals surface area contributed by atoms with Gasteiger partial charge in [-0.25, -0.2) is 13.6 Å². The van der Waals surface area contributed by atoms with Crippen LogP contribution >= 0.6 is 0 Å². The fraction of sp³-hybridized carbons (Fsp3) is 0.308. The molecular formula is C13H18N4O2S. The predicted molar refractivity (Wildman–Crippen MR) is 76.4 cm³/mol. The number of nitrogens with zero attached hydrogens (tertiary/aromatic N) is 2. The van der Waals surface area contributed by atoms with Gasteiger partial charge in [0.25, 0.3) is 0 Å². The third-order valence-corrected chi connectivity index (χ3v) is 4.00. The van der Waals surface area contributed by atoms with Gasteiger partial charge in [0.2, 0.25) is 10.0 Å². The Hall–Kier alpha value is -1.70. The second-order valence-electron chi connectivity index (χ2n) is 4.56. The Bertz CT molecular complexity index is 662. The molecule has 108 valence electrons. The van der Waals surface area contributed by atoms with Crippen LogP contribution in [0.25, 0.3) is 0 Å². The maximum Gasteiger partial charge on any atom is 0.238 e. The SMILES string of the molecule is Cn1nccc1CNCCc1ccc(S(N)(=O)=O)cc1. The van der Waals surface area contributed by atoms with Gasteiger partial charge in [-0.2, -0.15) is 5.10 Å². The summed E-state index contributed by atoms with van der Waals surface area (Å²) in [5.74, 6) is 0. The van der Waals surface area contributed by atoms with Gasteiger partial charge in [-0.15, -0.1) is 0 Å². The lowest BCUT2D eigenvalue weighted by atomic mass is 10.1. The number of hydrogen-bond acceptors (Lipinski definition) is 4. The van der Waals surface area contributed by atoms with Gasteiger partial charge in [-0.3, -0.25) is 4.68 Å². The summed E-state index contributed by atoms with van der Waals surface area (Å²) in [6, 6.07) is 8.60. The number of sulfonamides is 1. The van der Waals surface area contributed by atoms with Crippen molar-refractivity contribution in [2.75, 3.05) is 6.54 Å². The van der Waals surface area contributed by atoms with E-state index in [0.29, 0.717) is 0 Å². The predicted octanol–water partition coefficient (Wildman–Crippen LogP) is 0.400. The first-order chi connectivity index (χ1) is 9.47. The summed E-state index contributed by atoms with van der Waals surface area (Å²) in [6.07, 6.45) is 2.59. The maximum atomic E-state index is 11.1. The van der Waals surface area contributed by atoms with Crippen LogP contribution in [0.1, 0.15) is 11.3 Å². The zero-order valence-corrected chi connectivity index (χ0v) is 12.1. The van der Waals surface area contributed by atoms with Crippen LogP contribution in [0.3, 0.4) is 0 Å². The van der Waals surface area contributed by atoms with Crippen molar-refractivity contribution in [1.82, 2.24) is 15.1 Å². The van der Waals surface area contributed by atoms with Crippen LogP contribution in [0.4, 0.5) is 0 Å². The molecule has 0 spiro atoms. The van der Waals surface area contributed by atoms with Gasteiger partial charge in [-0.05, 0) is 36.7 Å². The van der Waals surface area contributed by atoms with Crippen molar-refractivity contribution in [1.29, 1.82) is 0 Å². The molecule has 0 atom stereocenters. The second kappa shape index (κ2) is 6.17. The molecule has 0 fully saturated rings. The Morgan fingerprint density at radius 3 is 2.50 bits per heavy atom. The Morgan fingerprint density at radius 2 is 1.95 bits per heavy atom.